The molecular formula is C27H42F5NO2S. The number of hydrogen-bond acceptors (Lipinski definition) is 3. The van der Waals surface area contributed by atoms with Crippen molar-refractivity contribution in [3.8, 4) is 0 Å². The van der Waals surface area contributed by atoms with Gasteiger partial charge in [-0.15, -0.1) is 0 Å². The number of fused-ring (bicyclic) bond motifs is 1. The van der Waals surface area contributed by atoms with Crippen molar-refractivity contribution in [1.29, 1.82) is 0 Å². The quantitative estimate of drug-likeness (QED) is 0.372. The largest absolute Gasteiger partial charge is 0.388 e. The van der Waals surface area contributed by atoms with Crippen LogP contribution < -0.4 is 0 Å². The molecule has 1 aliphatic rings. The summed E-state index contributed by atoms with van der Waals surface area (Å²) in [7, 11) is -9.80. The summed E-state index contributed by atoms with van der Waals surface area (Å²) in [5.74, 6) is -0.110. The molecule has 0 saturated heterocycles. The van der Waals surface area contributed by atoms with Crippen LogP contribution in [0.3, 0.4) is 0 Å². The van der Waals surface area contributed by atoms with Gasteiger partial charge in [0.1, 0.15) is 11.0 Å². The van der Waals surface area contributed by atoms with Crippen LogP contribution in [0.2, 0.25) is 0 Å². The molecule has 208 valence electrons. The first kappa shape index (κ1) is 32.3. The maximum absolute atomic E-state index is 13.1. The summed E-state index contributed by atoms with van der Waals surface area (Å²) in [6.07, 6.45) is -0.503. The monoisotopic (exact) mass is 539 g/mol. The first-order chi connectivity index (χ1) is 16.3. The fraction of sp³-hybridized carbons (Fsp3) is 0.593. The number of nitrogens with zero attached hydrogens (tertiary/aromatic N) is 1. The second-order valence-electron chi connectivity index (χ2n) is 9.76. The number of aromatic nitrogens is 1. The van der Waals surface area contributed by atoms with E-state index in [9.17, 15) is 29.6 Å². The second-order valence-corrected chi connectivity index (χ2v) is 12.2. The third-order valence-electron chi connectivity index (χ3n) is 6.03. The van der Waals surface area contributed by atoms with E-state index in [4.69, 9.17) is 4.98 Å². The molecule has 1 heterocycles. The summed E-state index contributed by atoms with van der Waals surface area (Å²) in [6, 6.07) is 2.37. The van der Waals surface area contributed by atoms with Crippen molar-refractivity contribution in [2.24, 2.45) is 5.41 Å². The Morgan fingerprint density at radius 3 is 1.92 bits per heavy atom. The molecule has 1 aromatic carbocycles. The Morgan fingerprint density at radius 1 is 1.00 bits per heavy atom. The zero-order valence-corrected chi connectivity index (χ0v) is 23.6. The first-order valence-corrected chi connectivity index (χ1v) is 14.6. The third kappa shape index (κ3) is 7.19. The molecule has 36 heavy (non-hydrogen) atoms. The summed E-state index contributed by atoms with van der Waals surface area (Å²) in [5, 5.41) is 22.0. The third-order valence-corrected chi connectivity index (χ3v) is 7.20. The van der Waals surface area contributed by atoms with Gasteiger partial charge < -0.3 is 10.2 Å². The molecule has 2 atom stereocenters. The average molecular weight is 540 g/mol. The van der Waals surface area contributed by atoms with Gasteiger partial charge in [-0.05, 0) is 53.9 Å². The van der Waals surface area contributed by atoms with Crippen LogP contribution in [0.5, 0.6) is 0 Å². The number of benzene rings is 1. The van der Waals surface area contributed by atoms with Crippen LogP contribution in [0.25, 0.3) is 0 Å². The van der Waals surface area contributed by atoms with Crippen LogP contribution in [0.15, 0.2) is 29.2 Å². The first-order valence-electron chi connectivity index (χ1n) is 12.6. The highest BCUT2D eigenvalue weighted by molar-refractivity contribution is 8.45. The molecule has 0 bridgehead atoms. The van der Waals surface area contributed by atoms with Crippen LogP contribution in [0.1, 0.15) is 121 Å². The zero-order chi connectivity index (χ0) is 28.3. The molecule has 2 aromatic rings. The SMILES string of the molecule is CC.CC.CCc1c2c(nc(C(C)C)c1C(O)c1ccc(S(F)(F)(F)(F)F)cc1)CC(C)(C)CC2O. The Bertz CT molecular complexity index is 1040. The van der Waals surface area contributed by atoms with Gasteiger partial charge in [-0.2, -0.15) is 0 Å². The highest BCUT2D eigenvalue weighted by Crippen LogP contribution is 3.02. The van der Waals surface area contributed by atoms with Crippen molar-refractivity contribution in [1.82, 2.24) is 4.98 Å². The molecule has 0 fully saturated rings. The van der Waals surface area contributed by atoms with E-state index in [1.54, 1.807) is 0 Å². The molecule has 0 aliphatic heterocycles. The van der Waals surface area contributed by atoms with Crippen molar-refractivity contribution < 1.29 is 29.6 Å². The lowest BCUT2D eigenvalue weighted by Gasteiger charge is -2.40. The van der Waals surface area contributed by atoms with Crippen molar-refractivity contribution in [3.63, 3.8) is 0 Å². The molecule has 3 nitrogen and oxygen atoms in total. The van der Waals surface area contributed by atoms with E-state index >= 15 is 0 Å². The summed E-state index contributed by atoms with van der Waals surface area (Å²) in [6.45, 7) is 17.8. The molecule has 0 radical (unpaired) electrons. The second kappa shape index (κ2) is 10.6. The van der Waals surface area contributed by atoms with E-state index < -0.39 is 27.3 Å². The van der Waals surface area contributed by atoms with E-state index in [0.717, 1.165) is 17.8 Å². The van der Waals surface area contributed by atoms with Gasteiger partial charge in [0.05, 0.1) is 6.10 Å². The van der Waals surface area contributed by atoms with E-state index in [1.807, 2.05) is 62.3 Å². The topological polar surface area (TPSA) is 53.4 Å². The highest BCUT2D eigenvalue weighted by Gasteiger charge is 2.65. The Balaban J connectivity index is 0.00000154. The number of aliphatic hydroxyl groups excluding tert-OH is 2. The lowest BCUT2D eigenvalue weighted by molar-refractivity contribution is 0.0965. The molecule has 3 rings (SSSR count). The van der Waals surface area contributed by atoms with Gasteiger partial charge in [-0.25, -0.2) is 0 Å². The average Bonchev–Trinajstić information content (AvgIpc) is 2.77. The van der Waals surface area contributed by atoms with E-state index in [1.165, 1.54) is 0 Å². The Hall–Kier alpha value is -1.71. The predicted molar refractivity (Wildman–Crippen MR) is 139 cm³/mol. The van der Waals surface area contributed by atoms with Crippen LogP contribution in [-0.2, 0) is 12.8 Å². The molecule has 9 heteroatoms. The Labute approximate surface area is 212 Å². The van der Waals surface area contributed by atoms with Gasteiger partial charge in [-0.1, -0.05) is 93.9 Å². The van der Waals surface area contributed by atoms with Crippen molar-refractivity contribution in [2.75, 3.05) is 0 Å². The normalized spacial score (nSPS) is 19.5. The molecule has 2 unspecified atom stereocenters. The van der Waals surface area contributed by atoms with Crippen molar-refractivity contribution in [3.05, 3.63) is 57.9 Å². The summed E-state index contributed by atoms with van der Waals surface area (Å²) < 4.78 is 65.4. The smallest absolute Gasteiger partial charge is 0.310 e. The molecular weight excluding hydrogens is 497 g/mol. The lowest BCUT2D eigenvalue weighted by atomic mass is 9.72. The van der Waals surface area contributed by atoms with Crippen LogP contribution in [0.4, 0.5) is 19.4 Å². The molecule has 1 aliphatic carbocycles. The molecule has 0 spiro atoms. The molecule has 0 amide bonds. The van der Waals surface area contributed by atoms with Crippen LogP contribution in [0, 0.1) is 5.41 Å². The van der Waals surface area contributed by atoms with Gasteiger partial charge in [-0.3, -0.25) is 4.98 Å². The summed E-state index contributed by atoms with van der Waals surface area (Å²) >= 11 is 0. The zero-order valence-electron chi connectivity index (χ0n) is 22.8. The van der Waals surface area contributed by atoms with Crippen molar-refractivity contribution in [2.45, 2.75) is 105 Å². The van der Waals surface area contributed by atoms with Gasteiger partial charge in [0.15, 0.2) is 0 Å². The minimum atomic E-state index is -9.80. The summed E-state index contributed by atoms with van der Waals surface area (Å²) in [5.41, 5.74) is 3.07. The van der Waals surface area contributed by atoms with Gasteiger partial charge >= 0.3 is 10.2 Å². The van der Waals surface area contributed by atoms with Crippen LogP contribution in [-0.4, -0.2) is 15.2 Å². The highest BCUT2D eigenvalue weighted by atomic mass is 32.5. The molecule has 0 saturated carbocycles. The van der Waals surface area contributed by atoms with E-state index in [0.29, 0.717) is 53.8 Å². The maximum Gasteiger partial charge on any atom is 0.310 e. The lowest BCUT2D eigenvalue weighted by Crippen LogP contribution is -2.29. The Morgan fingerprint density at radius 2 is 1.50 bits per heavy atom. The molecule has 1 aromatic heterocycles. The number of pyridine rings is 1. The standard InChI is InChI=1S/C23H30F5NO2S.2C2H6/c1-6-16-19-17(11-23(4,5)12-18(19)30)29-21(13(2)3)20(16)22(31)14-7-9-15(10-8-14)32(24,25,26,27)28;2*1-2/h7-10,13,18,22,30-31H,6,11-12H2,1-5H3;2*1-2H3. The van der Waals surface area contributed by atoms with Crippen LogP contribution >= 0.6 is 10.2 Å². The van der Waals surface area contributed by atoms with Gasteiger partial charge in [0, 0.05) is 22.5 Å². The number of aliphatic hydroxyl groups is 2. The minimum Gasteiger partial charge on any atom is -0.388 e. The summed E-state index contributed by atoms with van der Waals surface area (Å²) in [4.78, 5) is 2.78. The number of rotatable bonds is 5. The Kier molecular flexibility index (Phi) is 9.49. The molecule has 2 N–H and O–H groups in total. The van der Waals surface area contributed by atoms with Crippen molar-refractivity contribution >= 4 is 10.2 Å². The maximum atomic E-state index is 13.1. The fourth-order valence-electron chi connectivity index (χ4n) is 4.62. The van der Waals surface area contributed by atoms with Gasteiger partial charge in [0.2, 0.25) is 0 Å². The number of hydrogen-bond donors (Lipinski definition) is 2. The van der Waals surface area contributed by atoms with E-state index in [2.05, 4.69) is 0 Å². The fourth-order valence-corrected chi connectivity index (χ4v) is 5.27. The number of halogens is 5. The van der Waals surface area contributed by atoms with E-state index in [-0.39, 0.29) is 16.9 Å². The predicted octanol–water partition coefficient (Wildman–Crippen LogP) is 9.56. The minimum absolute atomic E-state index is 0.0552. The van der Waals surface area contributed by atoms with Gasteiger partial charge in [0.25, 0.3) is 0 Å².